The zero-order chi connectivity index (χ0) is 27.8. The van der Waals surface area contributed by atoms with Gasteiger partial charge in [-0.15, -0.1) is 0 Å². The Morgan fingerprint density at radius 1 is 1.10 bits per heavy atom. The smallest absolute Gasteiger partial charge is 0.268 e. The van der Waals surface area contributed by atoms with Gasteiger partial charge in [-0.3, -0.25) is 14.5 Å². The summed E-state index contributed by atoms with van der Waals surface area (Å²) in [6.45, 7) is 8.96. The molecular weight excluding hydrogens is 530 g/mol. The third kappa shape index (κ3) is 5.14. The fraction of sp³-hybridized carbons (Fsp3) is 0.355. The number of carbonyl (C=O) groups excluding carboxylic acids is 2. The summed E-state index contributed by atoms with van der Waals surface area (Å²) >= 11 is 6.87. The first-order valence-corrected chi connectivity index (χ1v) is 14.0. The van der Waals surface area contributed by atoms with Crippen molar-refractivity contribution < 1.29 is 24.2 Å². The van der Waals surface area contributed by atoms with Crippen LogP contribution in [0.25, 0.3) is 21.9 Å². The van der Waals surface area contributed by atoms with E-state index in [0.29, 0.717) is 55.7 Å². The molecule has 0 aliphatic carbocycles. The van der Waals surface area contributed by atoms with Gasteiger partial charge in [-0.2, -0.15) is 0 Å². The van der Waals surface area contributed by atoms with Crippen LogP contribution in [0.1, 0.15) is 6.42 Å². The molecule has 8 nitrogen and oxygen atoms in total. The van der Waals surface area contributed by atoms with Crippen molar-refractivity contribution in [3.63, 3.8) is 0 Å². The number of nitrogens with zero attached hydrogens (tertiary/aromatic N) is 3. The minimum atomic E-state index is -0.642. The highest BCUT2D eigenvalue weighted by atomic mass is 35.5. The molecule has 40 heavy (non-hydrogen) atoms. The van der Waals surface area contributed by atoms with E-state index in [0.717, 1.165) is 41.5 Å². The van der Waals surface area contributed by atoms with Gasteiger partial charge in [0.1, 0.15) is 11.5 Å². The molecule has 0 saturated carbocycles. The molecule has 0 radical (unpaired) electrons. The van der Waals surface area contributed by atoms with Crippen molar-refractivity contribution in [1.82, 2.24) is 9.80 Å². The summed E-state index contributed by atoms with van der Waals surface area (Å²) in [6, 6.07) is 14.9. The minimum Gasteiger partial charge on any atom is -0.508 e. The highest BCUT2D eigenvalue weighted by molar-refractivity contribution is 6.34. The summed E-state index contributed by atoms with van der Waals surface area (Å²) in [7, 11) is 0. The third-order valence-electron chi connectivity index (χ3n) is 7.98. The topological polar surface area (TPSA) is 82.6 Å². The average molecular weight is 562 g/mol. The molecule has 208 valence electrons. The Hall–Kier alpha value is -3.59. The maximum Gasteiger partial charge on any atom is 0.268 e. The van der Waals surface area contributed by atoms with E-state index in [-0.39, 0.29) is 23.5 Å². The maximum atomic E-state index is 13.8. The predicted octanol–water partition coefficient (Wildman–Crippen LogP) is 4.33. The Morgan fingerprint density at radius 3 is 2.65 bits per heavy atom. The molecule has 3 aliphatic heterocycles. The van der Waals surface area contributed by atoms with E-state index in [1.165, 1.54) is 6.08 Å². The lowest BCUT2D eigenvalue weighted by Crippen LogP contribution is -2.56. The summed E-state index contributed by atoms with van der Waals surface area (Å²) in [6.07, 6.45) is 1.23. The molecule has 2 amide bonds. The van der Waals surface area contributed by atoms with Gasteiger partial charge in [0.05, 0.1) is 23.9 Å². The number of carbonyl (C=O) groups is 2. The molecule has 3 heterocycles. The quantitative estimate of drug-likeness (QED) is 0.433. The minimum absolute atomic E-state index is 0.0964. The zero-order valence-electron chi connectivity index (χ0n) is 22.2. The number of phenolic OH excluding ortho intramolecular Hbond substituents is 1. The SMILES string of the molecule is C=CC(=O)N1CC(CN2C(=O)[C@H](CCN3CCOCC3)Oc3cc(-c4cc(O)cc5ccccc45)c(Cl)cc32)C1. The first-order chi connectivity index (χ1) is 19.4. The van der Waals surface area contributed by atoms with Gasteiger partial charge in [-0.25, -0.2) is 0 Å². The number of hydrogen-bond acceptors (Lipinski definition) is 6. The van der Waals surface area contributed by atoms with Crippen LogP contribution < -0.4 is 9.64 Å². The maximum absolute atomic E-state index is 13.8. The molecule has 3 aliphatic rings. The van der Waals surface area contributed by atoms with Crippen LogP contribution in [0.15, 0.2) is 61.2 Å². The summed E-state index contributed by atoms with van der Waals surface area (Å²) in [5.41, 5.74) is 2.14. The third-order valence-corrected chi connectivity index (χ3v) is 8.30. The number of amides is 2. The standard InChI is InChI=1S/C31H32ClN3O5/c1-2-30(37)34-17-20(18-34)19-35-27-16-26(32)25(24-14-22(36)13-21-5-3-4-6-23(21)24)15-29(27)40-28(31(35)38)7-8-33-9-11-39-12-10-33/h2-6,13-16,20,28,36H,1,7-12,17-19H2/t28-/m0/s1. The van der Waals surface area contributed by atoms with E-state index in [1.54, 1.807) is 28.0 Å². The van der Waals surface area contributed by atoms with Gasteiger partial charge < -0.3 is 24.4 Å². The fourth-order valence-electron chi connectivity index (χ4n) is 5.82. The number of rotatable bonds is 7. The fourth-order valence-corrected chi connectivity index (χ4v) is 6.08. The molecule has 6 rings (SSSR count). The number of halogens is 1. The van der Waals surface area contributed by atoms with Crippen LogP contribution in [0.3, 0.4) is 0 Å². The van der Waals surface area contributed by atoms with Crippen LogP contribution in [0.5, 0.6) is 11.5 Å². The van der Waals surface area contributed by atoms with Crippen LogP contribution >= 0.6 is 11.6 Å². The Labute approximate surface area is 238 Å². The largest absolute Gasteiger partial charge is 0.508 e. The lowest BCUT2D eigenvalue weighted by Gasteiger charge is -2.43. The van der Waals surface area contributed by atoms with Gasteiger partial charge in [-0.05, 0) is 46.7 Å². The van der Waals surface area contributed by atoms with Crippen molar-refractivity contribution in [1.29, 1.82) is 0 Å². The second-order valence-electron chi connectivity index (χ2n) is 10.6. The number of phenols is 1. The van der Waals surface area contributed by atoms with Gasteiger partial charge in [0.2, 0.25) is 5.91 Å². The van der Waals surface area contributed by atoms with E-state index in [9.17, 15) is 14.7 Å². The molecule has 9 heteroatoms. The van der Waals surface area contributed by atoms with E-state index < -0.39 is 6.10 Å². The van der Waals surface area contributed by atoms with Crippen molar-refractivity contribution in [3.8, 4) is 22.6 Å². The first kappa shape index (κ1) is 26.6. The van der Waals surface area contributed by atoms with Gasteiger partial charge in [0, 0.05) is 57.2 Å². The predicted molar refractivity (Wildman–Crippen MR) is 155 cm³/mol. The van der Waals surface area contributed by atoms with Gasteiger partial charge >= 0.3 is 0 Å². The van der Waals surface area contributed by atoms with Gasteiger partial charge in [-0.1, -0.05) is 42.4 Å². The van der Waals surface area contributed by atoms with E-state index in [4.69, 9.17) is 21.1 Å². The number of morpholine rings is 1. The molecular formula is C31H32ClN3O5. The molecule has 3 aromatic rings. The van der Waals surface area contributed by atoms with Crippen LogP contribution in [0.4, 0.5) is 5.69 Å². The van der Waals surface area contributed by atoms with Crippen molar-refractivity contribution >= 4 is 39.9 Å². The number of likely N-dealkylation sites (tertiary alicyclic amines) is 1. The Kier molecular flexibility index (Phi) is 7.40. The molecule has 0 aromatic heterocycles. The Morgan fingerprint density at radius 2 is 1.88 bits per heavy atom. The van der Waals surface area contributed by atoms with Crippen LogP contribution in [-0.2, 0) is 14.3 Å². The Bertz CT molecular complexity index is 1460. The van der Waals surface area contributed by atoms with Crippen LogP contribution in [0.2, 0.25) is 5.02 Å². The molecule has 0 spiro atoms. The van der Waals surface area contributed by atoms with E-state index in [1.807, 2.05) is 30.3 Å². The number of anilines is 1. The summed E-state index contributed by atoms with van der Waals surface area (Å²) in [4.78, 5) is 31.5. The molecule has 2 saturated heterocycles. The zero-order valence-corrected chi connectivity index (χ0v) is 23.0. The first-order valence-electron chi connectivity index (χ1n) is 13.7. The highest BCUT2D eigenvalue weighted by Crippen LogP contribution is 2.45. The lowest BCUT2D eigenvalue weighted by molar-refractivity contribution is -0.132. The van der Waals surface area contributed by atoms with Crippen molar-refractivity contribution in [2.24, 2.45) is 5.92 Å². The number of benzene rings is 3. The summed E-state index contributed by atoms with van der Waals surface area (Å²) in [5.74, 6) is 0.677. The van der Waals surface area contributed by atoms with Crippen molar-refractivity contribution in [3.05, 3.63) is 66.2 Å². The molecule has 2 fully saturated rings. The van der Waals surface area contributed by atoms with Gasteiger partial charge in [0.15, 0.2) is 6.10 Å². The van der Waals surface area contributed by atoms with Crippen molar-refractivity contribution in [2.45, 2.75) is 12.5 Å². The second-order valence-corrected chi connectivity index (χ2v) is 11.0. The summed E-state index contributed by atoms with van der Waals surface area (Å²) < 4.78 is 11.9. The Balaban J connectivity index is 1.33. The average Bonchev–Trinajstić information content (AvgIpc) is 2.94. The second kappa shape index (κ2) is 11.1. The monoisotopic (exact) mass is 561 g/mol. The van der Waals surface area contributed by atoms with E-state index in [2.05, 4.69) is 11.5 Å². The number of ether oxygens (including phenoxy) is 2. The summed E-state index contributed by atoms with van der Waals surface area (Å²) in [5, 5.41) is 12.8. The normalized spacial score (nSPS) is 19.7. The molecule has 1 N–H and O–H groups in total. The van der Waals surface area contributed by atoms with E-state index >= 15 is 0 Å². The molecule has 1 atom stereocenters. The highest BCUT2D eigenvalue weighted by Gasteiger charge is 2.39. The molecule has 3 aromatic carbocycles. The van der Waals surface area contributed by atoms with Gasteiger partial charge in [0.25, 0.3) is 5.91 Å². The molecule has 0 bridgehead atoms. The van der Waals surface area contributed by atoms with Crippen LogP contribution in [0, 0.1) is 5.92 Å². The lowest BCUT2D eigenvalue weighted by atomic mass is 9.95. The molecule has 0 unspecified atom stereocenters. The van der Waals surface area contributed by atoms with Crippen molar-refractivity contribution in [2.75, 3.05) is 57.4 Å². The van der Waals surface area contributed by atoms with Crippen LogP contribution in [-0.4, -0.2) is 85.3 Å². The number of hydrogen-bond donors (Lipinski definition) is 1. The number of aromatic hydroxyl groups is 1. The number of fused-ring (bicyclic) bond motifs is 2.